The summed E-state index contributed by atoms with van der Waals surface area (Å²) in [6.07, 6.45) is -0.128. The van der Waals surface area contributed by atoms with Gasteiger partial charge in [0.25, 0.3) is 0 Å². The van der Waals surface area contributed by atoms with E-state index in [1.165, 1.54) is 0 Å². The van der Waals surface area contributed by atoms with Crippen molar-refractivity contribution in [2.45, 2.75) is 0 Å². The molecule has 15 heavy (non-hydrogen) atoms. The number of methoxy groups -OCH3 is 1. The average Bonchev–Trinajstić information content (AvgIpc) is 2.16. The first-order valence-electron chi connectivity index (χ1n) is 3.68. The van der Waals surface area contributed by atoms with E-state index in [9.17, 15) is 23.7 Å². The van der Waals surface area contributed by atoms with Gasteiger partial charge >= 0.3 is 5.69 Å². The van der Waals surface area contributed by atoms with Crippen LogP contribution in [0.5, 0.6) is 5.75 Å². The van der Waals surface area contributed by atoms with Crippen LogP contribution in [0.3, 0.4) is 0 Å². The van der Waals surface area contributed by atoms with Crippen molar-refractivity contribution < 1.29 is 23.2 Å². The molecule has 0 aromatic heterocycles. The van der Waals surface area contributed by atoms with E-state index in [0.29, 0.717) is 6.07 Å². The molecule has 1 aromatic carbocycles. The largest absolute Gasteiger partial charge is 0.490 e. The molecular weight excluding hydrogens is 212 g/mol. The number of ether oxygens (including phenoxy) is 1. The van der Waals surface area contributed by atoms with E-state index in [0.717, 1.165) is 7.11 Å². The Hall–Kier alpha value is -2.05. The molecule has 0 radical (unpaired) electrons. The number of rotatable bonds is 3. The van der Waals surface area contributed by atoms with Gasteiger partial charge in [0, 0.05) is 6.07 Å². The molecule has 0 N–H and O–H groups in total. The standard InChI is InChI=1S/C8H5F2NO4/c1-15-6-2-5(9)4(3-12)7(10)8(6)11(13)14/h2-3H,1H3. The van der Waals surface area contributed by atoms with E-state index in [2.05, 4.69) is 4.74 Å². The average molecular weight is 217 g/mol. The third-order valence-corrected chi connectivity index (χ3v) is 1.71. The van der Waals surface area contributed by atoms with Crippen molar-refractivity contribution in [2.75, 3.05) is 7.11 Å². The van der Waals surface area contributed by atoms with Crippen LogP contribution in [0.15, 0.2) is 6.07 Å². The number of carbonyl (C=O) groups is 1. The van der Waals surface area contributed by atoms with E-state index in [-0.39, 0.29) is 6.29 Å². The van der Waals surface area contributed by atoms with E-state index >= 15 is 0 Å². The molecule has 0 aliphatic carbocycles. The highest BCUT2D eigenvalue weighted by Gasteiger charge is 2.27. The molecule has 0 aliphatic heterocycles. The number of hydrogen-bond acceptors (Lipinski definition) is 4. The summed E-state index contributed by atoms with van der Waals surface area (Å²) >= 11 is 0. The van der Waals surface area contributed by atoms with Crippen molar-refractivity contribution in [3.63, 3.8) is 0 Å². The van der Waals surface area contributed by atoms with Crippen LogP contribution in [-0.2, 0) is 0 Å². The molecule has 7 heteroatoms. The third-order valence-electron chi connectivity index (χ3n) is 1.71. The number of hydrogen-bond donors (Lipinski definition) is 0. The van der Waals surface area contributed by atoms with Gasteiger partial charge in [-0.05, 0) is 0 Å². The molecule has 5 nitrogen and oxygen atoms in total. The lowest BCUT2D eigenvalue weighted by Gasteiger charge is -2.04. The van der Waals surface area contributed by atoms with Gasteiger partial charge in [-0.2, -0.15) is 4.39 Å². The number of nitro benzene ring substituents is 1. The smallest absolute Gasteiger partial charge is 0.347 e. The van der Waals surface area contributed by atoms with Gasteiger partial charge in [-0.1, -0.05) is 0 Å². The predicted octanol–water partition coefficient (Wildman–Crippen LogP) is 1.69. The van der Waals surface area contributed by atoms with Crippen LogP contribution in [0, 0.1) is 21.7 Å². The highest BCUT2D eigenvalue weighted by molar-refractivity contribution is 5.78. The molecule has 0 fully saturated rings. The Morgan fingerprint density at radius 3 is 2.53 bits per heavy atom. The van der Waals surface area contributed by atoms with Crippen LogP contribution < -0.4 is 4.74 Å². The van der Waals surface area contributed by atoms with Gasteiger partial charge in [-0.15, -0.1) is 0 Å². The summed E-state index contributed by atoms with van der Waals surface area (Å²) in [7, 11) is 1.03. The maximum atomic E-state index is 13.2. The van der Waals surface area contributed by atoms with Crippen molar-refractivity contribution >= 4 is 12.0 Å². The Morgan fingerprint density at radius 2 is 2.13 bits per heavy atom. The molecule has 0 bridgehead atoms. The van der Waals surface area contributed by atoms with Crippen molar-refractivity contribution in [3.05, 3.63) is 33.4 Å². The fourth-order valence-electron chi connectivity index (χ4n) is 1.04. The molecule has 1 aromatic rings. The highest BCUT2D eigenvalue weighted by Crippen LogP contribution is 2.32. The second-order valence-electron chi connectivity index (χ2n) is 2.51. The number of nitro groups is 1. The van der Waals surface area contributed by atoms with Crippen LogP contribution in [-0.4, -0.2) is 18.3 Å². The third kappa shape index (κ3) is 1.76. The Kier molecular flexibility index (Phi) is 2.93. The van der Waals surface area contributed by atoms with E-state index in [4.69, 9.17) is 0 Å². The molecule has 0 amide bonds. The van der Waals surface area contributed by atoms with Crippen LogP contribution in [0.2, 0.25) is 0 Å². The van der Waals surface area contributed by atoms with Gasteiger partial charge in [0.1, 0.15) is 5.82 Å². The SMILES string of the molecule is COc1cc(F)c(C=O)c(F)c1[N+](=O)[O-]. The summed E-state index contributed by atoms with van der Waals surface area (Å²) in [6.45, 7) is 0. The molecule has 0 aliphatic rings. The number of aldehydes is 1. The van der Waals surface area contributed by atoms with Crippen molar-refractivity contribution in [2.24, 2.45) is 0 Å². The van der Waals surface area contributed by atoms with Crippen LogP contribution in [0.25, 0.3) is 0 Å². The number of halogens is 2. The minimum Gasteiger partial charge on any atom is -0.490 e. The molecule has 0 heterocycles. The molecule has 0 spiro atoms. The Balaban J connectivity index is 3.60. The lowest BCUT2D eigenvalue weighted by molar-refractivity contribution is -0.388. The van der Waals surface area contributed by atoms with E-state index < -0.39 is 33.6 Å². The first kappa shape index (κ1) is 11.0. The lowest BCUT2D eigenvalue weighted by Crippen LogP contribution is -2.03. The van der Waals surface area contributed by atoms with Crippen molar-refractivity contribution in [1.82, 2.24) is 0 Å². The van der Waals surface area contributed by atoms with E-state index in [1.54, 1.807) is 0 Å². The van der Waals surface area contributed by atoms with E-state index in [1.807, 2.05) is 0 Å². The van der Waals surface area contributed by atoms with Crippen LogP contribution >= 0.6 is 0 Å². The minimum absolute atomic E-state index is 0.128. The molecule has 0 saturated carbocycles. The Labute approximate surface area is 82.4 Å². The highest BCUT2D eigenvalue weighted by atomic mass is 19.1. The topological polar surface area (TPSA) is 69.4 Å². The zero-order valence-corrected chi connectivity index (χ0v) is 7.49. The number of benzene rings is 1. The summed E-state index contributed by atoms with van der Waals surface area (Å²) in [4.78, 5) is 19.6. The van der Waals surface area contributed by atoms with Gasteiger partial charge in [0.2, 0.25) is 11.6 Å². The molecular formula is C8H5F2NO4. The van der Waals surface area contributed by atoms with Crippen LogP contribution in [0.4, 0.5) is 14.5 Å². The zero-order chi connectivity index (χ0) is 11.6. The fraction of sp³-hybridized carbons (Fsp3) is 0.125. The molecule has 0 unspecified atom stereocenters. The van der Waals surface area contributed by atoms with Gasteiger partial charge in [-0.3, -0.25) is 14.9 Å². The summed E-state index contributed by atoms with van der Waals surface area (Å²) in [6, 6.07) is 0.588. The molecule has 0 saturated heterocycles. The molecule has 1 rings (SSSR count). The number of carbonyl (C=O) groups excluding carboxylic acids is 1. The second kappa shape index (κ2) is 3.99. The Morgan fingerprint density at radius 1 is 1.53 bits per heavy atom. The second-order valence-corrected chi connectivity index (χ2v) is 2.51. The minimum atomic E-state index is -1.54. The van der Waals surface area contributed by atoms with Crippen molar-refractivity contribution in [3.8, 4) is 5.75 Å². The van der Waals surface area contributed by atoms with Gasteiger partial charge in [0.05, 0.1) is 17.6 Å². The maximum Gasteiger partial charge on any atom is 0.347 e. The fourth-order valence-corrected chi connectivity index (χ4v) is 1.04. The monoisotopic (exact) mass is 217 g/mol. The predicted molar refractivity (Wildman–Crippen MR) is 45.0 cm³/mol. The summed E-state index contributed by atoms with van der Waals surface area (Å²) < 4.78 is 30.6. The summed E-state index contributed by atoms with van der Waals surface area (Å²) in [5, 5.41) is 10.4. The molecule has 80 valence electrons. The van der Waals surface area contributed by atoms with Gasteiger partial charge in [-0.25, -0.2) is 4.39 Å². The summed E-state index contributed by atoms with van der Waals surface area (Å²) in [5.41, 5.74) is -2.04. The quantitative estimate of drug-likeness (QED) is 0.439. The normalized spacial score (nSPS) is 9.80. The lowest BCUT2D eigenvalue weighted by atomic mass is 10.1. The summed E-state index contributed by atoms with van der Waals surface area (Å²) in [5.74, 6) is -3.31. The van der Waals surface area contributed by atoms with Crippen LogP contribution in [0.1, 0.15) is 10.4 Å². The molecule has 0 atom stereocenters. The first-order chi connectivity index (χ1) is 7.02. The Bertz CT molecular complexity index is 433. The maximum absolute atomic E-state index is 13.2. The van der Waals surface area contributed by atoms with Gasteiger partial charge in [0.15, 0.2) is 6.29 Å². The van der Waals surface area contributed by atoms with Crippen molar-refractivity contribution in [1.29, 1.82) is 0 Å². The first-order valence-corrected chi connectivity index (χ1v) is 3.68. The van der Waals surface area contributed by atoms with Gasteiger partial charge < -0.3 is 4.74 Å². The number of nitrogens with zero attached hydrogens (tertiary/aromatic N) is 1. The zero-order valence-electron chi connectivity index (χ0n) is 7.49.